The second-order valence-electron chi connectivity index (χ2n) is 8.68. The van der Waals surface area contributed by atoms with Crippen molar-refractivity contribution in [3.05, 3.63) is 57.4 Å². The molecule has 1 saturated heterocycles. The molecule has 2 aliphatic rings. The first kappa shape index (κ1) is 26.5. The van der Waals surface area contributed by atoms with E-state index in [4.69, 9.17) is 14.2 Å². The van der Waals surface area contributed by atoms with Crippen LogP contribution in [0.15, 0.2) is 47.0 Å². The fraction of sp³-hybridized carbons (Fsp3) is 0.423. The SMILES string of the molecule is CCOC(=O)C1=C(CN2CCN(C(=O)c3cccs3)CC2)N(C)C(=O)NC1c1ccc(OC)c(OC)c1. The molecule has 0 radical (unpaired) electrons. The molecule has 3 amide bonds. The number of carbonyl (C=O) groups excluding carboxylic acids is 3. The summed E-state index contributed by atoms with van der Waals surface area (Å²) in [5.74, 6) is 0.575. The molecule has 0 saturated carbocycles. The van der Waals surface area contributed by atoms with Gasteiger partial charge in [-0.05, 0) is 36.1 Å². The van der Waals surface area contributed by atoms with Crippen LogP contribution in [-0.2, 0) is 9.53 Å². The highest BCUT2D eigenvalue weighted by Crippen LogP contribution is 2.36. The number of urea groups is 1. The van der Waals surface area contributed by atoms with E-state index in [1.165, 1.54) is 23.3 Å². The number of amides is 3. The molecule has 37 heavy (non-hydrogen) atoms. The Balaban J connectivity index is 1.62. The molecular weight excluding hydrogens is 496 g/mol. The Morgan fingerprint density at radius 3 is 2.43 bits per heavy atom. The van der Waals surface area contributed by atoms with Gasteiger partial charge in [-0.1, -0.05) is 12.1 Å². The van der Waals surface area contributed by atoms with Gasteiger partial charge in [-0.15, -0.1) is 11.3 Å². The zero-order valence-electron chi connectivity index (χ0n) is 21.5. The number of hydrogen-bond acceptors (Lipinski definition) is 8. The lowest BCUT2D eigenvalue weighted by atomic mass is 9.94. The number of hydrogen-bond donors (Lipinski definition) is 1. The van der Waals surface area contributed by atoms with E-state index in [0.29, 0.717) is 61.1 Å². The van der Waals surface area contributed by atoms with Gasteiger partial charge in [0.2, 0.25) is 0 Å². The van der Waals surface area contributed by atoms with Gasteiger partial charge >= 0.3 is 12.0 Å². The molecule has 11 heteroatoms. The zero-order valence-corrected chi connectivity index (χ0v) is 22.3. The van der Waals surface area contributed by atoms with Gasteiger partial charge in [0.15, 0.2) is 11.5 Å². The van der Waals surface area contributed by atoms with Crippen molar-refractivity contribution in [1.29, 1.82) is 0 Å². The standard InChI is InChI=1S/C26H32N4O6S/c1-5-36-25(32)22-18(16-29-10-12-30(13-11-29)24(31)21-7-6-14-37-21)28(2)26(33)27-23(22)17-8-9-19(34-3)20(15-17)35-4/h6-9,14-15,23H,5,10-13,16H2,1-4H3,(H,27,33). The van der Waals surface area contributed by atoms with Crippen LogP contribution < -0.4 is 14.8 Å². The third-order valence-electron chi connectivity index (χ3n) is 6.58. The maximum absolute atomic E-state index is 13.3. The Morgan fingerprint density at radius 2 is 1.81 bits per heavy atom. The molecule has 0 spiro atoms. The Labute approximate surface area is 220 Å². The molecule has 1 aromatic heterocycles. The molecule has 1 unspecified atom stereocenters. The number of ether oxygens (including phenoxy) is 3. The minimum Gasteiger partial charge on any atom is -0.493 e. The molecular formula is C26H32N4O6S. The van der Waals surface area contributed by atoms with Gasteiger partial charge in [-0.25, -0.2) is 9.59 Å². The summed E-state index contributed by atoms with van der Waals surface area (Å²) in [4.78, 5) is 45.2. The summed E-state index contributed by atoms with van der Waals surface area (Å²) in [7, 11) is 4.72. The average molecular weight is 529 g/mol. The highest BCUT2D eigenvalue weighted by Gasteiger charge is 2.38. The Hall–Kier alpha value is -3.57. The molecule has 2 aliphatic heterocycles. The van der Waals surface area contributed by atoms with Crippen LogP contribution in [0.3, 0.4) is 0 Å². The van der Waals surface area contributed by atoms with E-state index >= 15 is 0 Å². The topological polar surface area (TPSA) is 101 Å². The first-order chi connectivity index (χ1) is 17.9. The maximum Gasteiger partial charge on any atom is 0.338 e. The smallest absolute Gasteiger partial charge is 0.338 e. The number of esters is 1. The van der Waals surface area contributed by atoms with Crippen LogP contribution in [0.25, 0.3) is 0 Å². The van der Waals surface area contributed by atoms with Crippen molar-refractivity contribution >= 4 is 29.2 Å². The first-order valence-electron chi connectivity index (χ1n) is 12.1. The third-order valence-corrected chi connectivity index (χ3v) is 7.44. The van der Waals surface area contributed by atoms with Crippen molar-refractivity contribution in [3.63, 3.8) is 0 Å². The molecule has 1 aromatic carbocycles. The van der Waals surface area contributed by atoms with Gasteiger partial charge in [-0.3, -0.25) is 14.6 Å². The number of methoxy groups -OCH3 is 2. The number of nitrogens with one attached hydrogen (secondary N) is 1. The number of thiophene rings is 1. The van der Waals surface area contributed by atoms with Crippen molar-refractivity contribution in [1.82, 2.24) is 20.0 Å². The number of rotatable bonds is 8. The highest BCUT2D eigenvalue weighted by molar-refractivity contribution is 7.12. The molecule has 2 aromatic rings. The predicted molar refractivity (Wildman–Crippen MR) is 139 cm³/mol. The molecule has 1 fully saturated rings. The van der Waals surface area contributed by atoms with Crippen LogP contribution in [0.1, 0.15) is 28.2 Å². The fourth-order valence-corrected chi connectivity index (χ4v) is 5.25. The largest absolute Gasteiger partial charge is 0.493 e. The molecule has 198 valence electrons. The van der Waals surface area contributed by atoms with Crippen LogP contribution in [0, 0.1) is 0 Å². The number of carbonyl (C=O) groups is 3. The summed E-state index contributed by atoms with van der Waals surface area (Å²) in [6.45, 7) is 4.68. The van der Waals surface area contributed by atoms with E-state index in [2.05, 4.69) is 10.2 Å². The normalized spacial score (nSPS) is 18.5. The van der Waals surface area contributed by atoms with Gasteiger partial charge < -0.3 is 24.4 Å². The highest BCUT2D eigenvalue weighted by atomic mass is 32.1. The average Bonchev–Trinajstić information content (AvgIpc) is 3.46. The first-order valence-corrected chi connectivity index (χ1v) is 13.0. The van der Waals surface area contributed by atoms with Gasteiger partial charge in [0.25, 0.3) is 5.91 Å². The van der Waals surface area contributed by atoms with Crippen LogP contribution in [0.2, 0.25) is 0 Å². The molecule has 3 heterocycles. The Bertz CT molecular complexity index is 1170. The number of nitrogens with zero attached hydrogens (tertiary/aromatic N) is 3. The van der Waals surface area contributed by atoms with E-state index in [1.54, 1.807) is 39.3 Å². The number of benzene rings is 1. The fourth-order valence-electron chi connectivity index (χ4n) is 4.56. The lowest BCUT2D eigenvalue weighted by Gasteiger charge is -2.39. The Morgan fingerprint density at radius 1 is 1.08 bits per heavy atom. The minimum absolute atomic E-state index is 0.0313. The molecule has 1 atom stereocenters. The van der Waals surface area contributed by atoms with E-state index in [1.807, 2.05) is 22.4 Å². The van der Waals surface area contributed by atoms with Crippen molar-refractivity contribution in [2.75, 3.05) is 60.6 Å². The number of likely N-dealkylation sites (N-methyl/N-ethyl adjacent to an activating group) is 1. The molecule has 0 aliphatic carbocycles. The summed E-state index contributed by atoms with van der Waals surface area (Å²) in [5, 5.41) is 4.82. The Kier molecular flexibility index (Phi) is 8.34. The molecule has 10 nitrogen and oxygen atoms in total. The zero-order chi connectivity index (χ0) is 26.5. The van der Waals surface area contributed by atoms with Crippen molar-refractivity contribution in [2.24, 2.45) is 0 Å². The van der Waals surface area contributed by atoms with Gasteiger partial charge in [0.1, 0.15) is 0 Å². The van der Waals surface area contributed by atoms with Gasteiger partial charge in [0, 0.05) is 45.5 Å². The van der Waals surface area contributed by atoms with Crippen LogP contribution in [0.4, 0.5) is 4.79 Å². The second kappa shape index (κ2) is 11.7. The monoisotopic (exact) mass is 528 g/mol. The van der Waals surface area contributed by atoms with E-state index in [9.17, 15) is 14.4 Å². The lowest BCUT2D eigenvalue weighted by molar-refractivity contribution is -0.139. The van der Waals surface area contributed by atoms with Crippen LogP contribution >= 0.6 is 11.3 Å². The van der Waals surface area contributed by atoms with E-state index in [-0.39, 0.29) is 18.5 Å². The predicted octanol–water partition coefficient (Wildman–Crippen LogP) is 2.74. The van der Waals surface area contributed by atoms with E-state index < -0.39 is 12.0 Å². The van der Waals surface area contributed by atoms with Crippen molar-refractivity contribution in [2.45, 2.75) is 13.0 Å². The second-order valence-corrected chi connectivity index (χ2v) is 9.63. The third kappa shape index (κ3) is 5.57. The van der Waals surface area contributed by atoms with E-state index in [0.717, 1.165) is 4.88 Å². The maximum atomic E-state index is 13.3. The summed E-state index contributed by atoms with van der Waals surface area (Å²) >= 11 is 1.43. The van der Waals surface area contributed by atoms with Crippen LogP contribution in [0.5, 0.6) is 11.5 Å². The van der Waals surface area contributed by atoms with Crippen molar-refractivity contribution < 1.29 is 28.6 Å². The minimum atomic E-state index is -0.723. The van der Waals surface area contributed by atoms with Gasteiger partial charge in [-0.2, -0.15) is 0 Å². The number of piperazine rings is 1. The van der Waals surface area contributed by atoms with Gasteiger partial charge in [0.05, 0.1) is 37.3 Å². The summed E-state index contributed by atoms with van der Waals surface area (Å²) in [6, 6.07) is 7.94. The molecule has 4 rings (SSSR count). The van der Waals surface area contributed by atoms with Crippen molar-refractivity contribution in [3.8, 4) is 11.5 Å². The molecule has 0 bridgehead atoms. The summed E-state index contributed by atoms with van der Waals surface area (Å²) in [6.07, 6.45) is 0. The van der Waals surface area contributed by atoms with Crippen LogP contribution in [-0.4, -0.2) is 93.2 Å². The quantitative estimate of drug-likeness (QED) is 0.526. The molecule has 1 N–H and O–H groups in total. The lowest BCUT2D eigenvalue weighted by Crippen LogP contribution is -2.53. The summed E-state index contributed by atoms with van der Waals surface area (Å²) in [5.41, 5.74) is 1.61. The summed E-state index contributed by atoms with van der Waals surface area (Å²) < 4.78 is 16.2.